The molecule has 0 spiro atoms. The number of rotatable bonds is 18. The fraction of sp³-hybridized carbons (Fsp3) is 0.955. The van der Waals surface area contributed by atoms with E-state index in [1.165, 1.54) is 70.8 Å². The monoisotopic (exact) mass is 354 g/mol. The molecule has 0 radical (unpaired) electrons. The van der Waals surface area contributed by atoms with E-state index < -0.39 is 0 Å². The minimum atomic E-state index is 0.393. The summed E-state index contributed by atoms with van der Waals surface area (Å²) in [6, 6.07) is 0. The summed E-state index contributed by atoms with van der Waals surface area (Å²) in [6.07, 6.45) is 15.4. The van der Waals surface area contributed by atoms with E-state index in [0.717, 1.165) is 38.9 Å². The molecule has 0 rings (SSSR count). The zero-order valence-corrected chi connectivity index (χ0v) is 17.8. The van der Waals surface area contributed by atoms with Crippen LogP contribution in [0.5, 0.6) is 0 Å². The van der Waals surface area contributed by atoms with Crippen molar-refractivity contribution >= 4 is 5.91 Å². The maximum absolute atomic E-state index is 12.6. The van der Waals surface area contributed by atoms with Gasteiger partial charge in [-0.25, -0.2) is 0 Å². The second-order valence-electron chi connectivity index (χ2n) is 7.62. The molecule has 0 aromatic heterocycles. The van der Waals surface area contributed by atoms with Gasteiger partial charge in [-0.3, -0.25) is 4.79 Å². The second kappa shape index (κ2) is 18.2. The molecule has 3 heteroatoms. The summed E-state index contributed by atoms with van der Waals surface area (Å²) >= 11 is 0. The normalized spacial score (nSPS) is 11.2. The van der Waals surface area contributed by atoms with Crippen LogP contribution in [0.2, 0.25) is 0 Å². The highest BCUT2D eigenvalue weighted by Gasteiger charge is 2.12. The number of carbonyl (C=O) groups is 1. The summed E-state index contributed by atoms with van der Waals surface area (Å²) < 4.78 is 0. The first-order valence-corrected chi connectivity index (χ1v) is 11.1. The Morgan fingerprint density at radius 3 is 1.60 bits per heavy atom. The molecule has 0 saturated carbocycles. The van der Waals surface area contributed by atoms with Gasteiger partial charge in [0.25, 0.3) is 0 Å². The van der Waals surface area contributed by atoms with Crippen LogP contribution >= 0.6 is 0 Å². The third-order valence-corrected chi connectivity index (χ3v) is 4.99. The fourth-order valence-corrected chi connectivity index (χ4v) is 3.18. The van der Waals surface area contributed by atoms with Crippen LogP contribution in [0.4, 0.5) is 0 Å². The molecule has 0 aliphatic heterocycles. The molecule has 0 fully saturated rings. The van der Waals surface area contributed by atoms with Gasteiger partial charge in [-0.15, -0.1) is 0 Å². The molecule has 0 N–H and O–H groups in total. The van der Waals surface area contributed by atoms with Crippen molar-refractivity contribution in [3.8, 4) is 0 Å². The molecular weight excluding hydrogens is 308 g/mol. The molecule has 0 atom stereocenters. The lowest BCUT2D eigenvalue weighted by molar-refractivity contribution is -0.131. The summed E-state index contributed by atoms with van der Waals surface area (Å²) in [5.74, 6) is 0.393. The minimum absolute atomic E-state index is 0.393. The molecule has 0 bridgehead atoms. The molecule has 1 amide bonds. The standard InChI is InChI=1S/C22H46N2O/c1-5-8-11-14-20-24(21-15-12-9-6-2)22(25)17-13-16-19-23(4)18-10-7-3/h5-21H2,1-4H3. The zero-order chi connectivity index (χ0) is 18.8. The van der Waals surface area contributed by atoms with Gasteiger partial charge in [0.1, 0.15) is 0 Å². The first kappa shape index (κ1) is 24.4. The number of carbonyl (C=O) groups excluding carboxylic acids is 1. The molecule has 0 aliphatic carbocycles. The predicted octanol–water partition coefficient (Wildman–Crippen LogP) is 5.88. The summed E-state index contributed by atoms with van der Waals surface area (Å²) in [4.78, 5) is 17.2. The summed E-state index contributed by atoms with van der Waals surface area (Å²) in [7, 11) is 2.20. The van der Waals surface area contributed by atoms with E-state index in [2.05, 4.69) is 37.6 Å². The van der Waals surface area contributed by atoms with Crippen LogP contribution in [0.3, 0.4) is 0 Å². The third kappa shape index (κ3) is 15.4. The number of hydrogen-bond acceptors (Lipinski definition) is 2. The largest absolute Gasteiger partial charge is 0.343 e. The van der Waals surface area contributed by atoms with Crippen LogP contribution in [-0.2, 0) is 4.79 Å². The van der Waals surface area contributed by atoms with Crippen molar-refractivity contribution in [2.75, 3.05) is 33.2 Å². The lowest BCUT2D eigenvalue weighted by Gasteiger charge is -2.23. The average molecular weight is 355 g/mol. The van der Waals surface area contributed by atoms with Crippen molar-refractivity contribution in [1.82, 2.24) is 9.80 Å². The van der Waals surface area contributed by atoms with Gasteiger partial charge in [-0.05, 0) is 52.2 Å². The first-order chi connectivity index (χ1) is 12.2. The lowest BCUT2D eigenvalue weighted by Crippen LogP contribution is -2.33. The SMILES string of the molecule is CCCCCCN(CCCCCC)C(=O)CCCCN(C)CCCC. The molecule has 0 aromatic rings. The predicted molar refractivity (Wildman–Crippen MR) is 111 cm³/mol. The third-order valence-electron chi connectivity index (χ3n) is 4.99. The maximum Gasteiger partial charge on any atom is 0.222 e. The molecule has 0 unspecified atom stereocenters. The lowest BCUT2D eigenvalue weighted by atomic mass is 10.1. The summed E-state index contributed by atoms with van der Waals surface area (Å²) in [5, 5.41) is 0. The van der Waals surface area contributed by atoms with Crippen molar-refractivity contribution in [2.45, 2.75) is 104 Å². The van der Waals surface area contributed by atoms with Gasteiger partial charge in [0.05, 0.1) is 0 Å². The Labute approximate surface area is 158 Å². The smallest absolute Gasteiger partial charge is 0.222 e. The van der Waals surface area contributed by atoms with E-state index in [4.69, 9.17) is 0 Å². The fourth-order valence-electron chi connectivity index (χ4n) is 3.18. The Balaban J connectivity index is 4.03. The van der Waals surface area contributed by atoms with Crippen molar-refractivity contribution in [3.63, 3.8) is 0 Å². The highest BCUT2D eigenvalue weighted by Crippen LogP contribution is 2.09. The quantitative estimate of drug-likeness (QED) is 0.287. The summed E-state index contributed by atoms with van der Waals surface area (Å²) in [6.45, 7) is 11.0. The van der Waals surface area contributed by atoms with Gasteiger partial charge in [-0.1, -0.05) is 65.7 Å². The van der Waals surface area contributed by atoms with Gasteiger partial charge < -0.3 is 9.80 Å². The molecule has 0 aromatic carbocycles. The van der Waals surface area contributed by atoms with Crippen LogP contribution in [0.15, 0.2) is 0 Å². The maximum atomic E-state index is 12.6. The number of amides is 1. The van der Waals surface area contributed by atoms with Gasteiger partial charge >= 0.3 is 0 Å². The highest BCUT2D eigenvalue weighted by atomic mass is 16.2. The van der Waals surface area contributed by atoms with E-state index in [1.54, 1.807) is 0 Å². The minimum Gasteiger partial charge on any atom is -0.343 e. The topological polar surface area (TPSA) is 23.6 Å². The van der Waals surface area contributed by atoms with Crippen LogP contribution in [-0.4, -0.2) is 48.9 Å². The van der Waals surface area contributed by atoms with E-state index in [0.29, 0.717) is 5.91 Å². The Morgan fingerprint density at radius 1 is 0.600 bits per heavy atom. The molecule has 150 valence electrons. The van der Waals surface area contributed by atoms with Crippen molar-refractivity contribution in [1.29, 1.82) is 0 Å². The first-order valence-electron chi connectivity index (χ1n) is 11.1. The van der Waals surface area contributed by atoms with Crippen LogP contribution in [0.1, 0.15) is 104 Å². The van der Waals surface area contributed by atoms with Crippen molar-refractivity contribution in [2.24, 2.45) is 0 Å². The van der Waals surface area contributed by atoms with Crippen LogP contribution in [0, 0.1) is 0 Å². The van der Waals surface area contributed by atoms with Crippen molar-refractivity contribution < 1.29 is 4.79 Å². The number of unbranched alkanes of at least 4 members (excludes halogenated alkanes) is 8. The van der Waals surface area contributed by atoms with E-state index >= 15 is 0 Å². The van der Waals surface area contributed by atoms with Gasteiger partial charge in [0.2, 0.25) is 5.91 Å². The van der Waals surface area contributed by atoms with Gasteiger partial charge in [0, 0.05) is 19.5 Å². The van der Waals surface area contributed by atoms with E-state index in [1.807, 2.05) is 0 Å². The molecule has 0 heterocycles. The highest BCUT2D eigenvalue weighted by molar-refractivity contribution is 5.76. The Morgan fingerprint density at radius 2 is 1.08 bits per heavy atom. The molecular formula is C22H46N2O. The Bertz CT molecular complexity index is 282. The van der Waals surface area contributed by atoms with Crippen molar-refractivity contribution in [3.05, 3.63) is 0 Å². The molecule has 25 heavy (non-hydrogen) atoms. The van der Waals surface area contributed by atoms with Crippen LogP contribution < -0.4 is 0 Å². The molecule has 0 saturated heterocycles. The molecule has 0 aliphatic rings. The van der Waals surface area contributed by atoms with E-state index in [9.17, 15) is 4.79 Å². The number of nitrogens with zero attached hydrogens (tertiary/aromatic N) is 2. The Hall–Kier alpha value is -0.570. The summed E-state index contributed by atoms with van der Waals surface area (Å²) in [5.41, 5.74) is 0. The zero-order valence-electron chi connectivity index (χ0n) is 17.8. The van der Waals surface area contributed by atoms with Gasteiger partial charge in [-0.2, -0.15) is 0 Å². The molecule has 3 nitrogen and oxygen atoms in total. The second-order valence-corrected chi connectivity index (χ2v) is 7.62. The van der Waals surface area contributed by atoms with E-state index in [-0.39, 0.29) is 0 Å². The van der Waals surface area contributed by atoms with Gasteiger partial charge in [0.15, 0.2) is 0 Å². The Kier molecular flexibility index (Phi) is 17.8. The van der Waals surface area contributed by atoms with Crippen LogP contribution in [0.25, 0.3) is 0 Å². The average Bonchev–Trinajstić information content (AvgIpc) is 2.62. The number of hydrogen-bond donors (Lipinski definition) is 0.